The van der Waals surface area contributed by atoms with Gasteiger partial charge in [-0.15, -0.1) is 0 Å². The van der Waals surface area contributed by atoms with Gasteiger partial charge in [0.2, 0.25) is 5.78 Å². The van der Waals surface area contributed by atoms with Gasteiger partial charge in [0.05, 0.1) is 27.1 Å². The zero-order valence-electron chi connectivity index (χ0n) is 25.1. The lowest BCUT2D eigenvalue weighted by atomic mass is 9.82. The minimum Gasteiger partial charge on any atom is -0.280 e. The van der Waals surface area contributed by atoms with E-state index in [-0.39, 0.29) is 5.41 Å². The Morgan fingerprint density at radius 3 is 2.28 bits per heavy atom. The molecule has 0 saturated heterocycles. The number of imidazole rings is 1. The number of hydrogen-bond acceptors (Lipinski definition) is 1. The molecule has 0 aliphatic heterocycles. The van der Waals surface area contributed by atoms with Crippen LogP contribution in [0.2, 0.25) is 5.02 Å². The average molecular weight is 580 g/mol. The lowest BCUT2D eigenvalue weighted by Gasteiger charge is -2.23. The summed E-state index contributed by atoms with van der Waals surface area (Å²) >= 11 is 7.12. The normalized spacial score (nSPS) is 15.0. The van der Waals surface area contributed by atoms with Gasteiger partial charge in [0, 0.05) is 16.5 Å². The van der Waals surface area contributed by atoms with Crippen LogP contribution in [0, 0.1) is 0 Å². The summed E-state index contributed by atoms with van der Waals surface area (Å²) in [4.78, 5) is 5.51. The van der Waals surface area contributed by atoms with E-state index >= 15 is 0 Å². The molecular weight excluding hydrogens is 546 g/mol. The maximum atomic E-state index is 7.12. The Morgan fingerprint density at radius 2 is 1.51 bits per heavy atom. The maximum Gasteiger partial charge on any atom is 0.220 e. The van der Waals surface area contributed by atoms with Gasteiger partial charge < -0.3 is 0 Å². The molecule has 0 bridgehead atoms. The minimum atomic E-state index is -0.0863. The molecule has 4 heteroatoms. The van der Waals surface area contributed by atoms with Crippen molar-refractivity contribution in [3.05, 3.63) is 112 Å². The van der Waals surface area contributed by atoms with Crippen LogP contribution in [0.5, 0.6) is 0 Å². The first-order valence-electron chi connectivity index (χ1n) is 15.8. The fraction of sp³-hybridized carbons (Fsp3) is 0.256. The Bertz CT molecular complexity index is 2300. The molecule has 9 rings (SSSR count). The fourth-order valence-electron chi connectivity index (χ4n) is 8.45. The summed E-state index contributed by atoms with van der Waals surface area (Å²) in [5.41, 5.74) is 15.1. The Hall–Kier alpha value is -4.08. The van der Waals surface area contributed by atoms with Crippen LogP contribution in [0.1, 0.15) is 74.3 Å². The predicted octanol–water partition coefficient (Wildman–Crippen LogP) is 10.5. The summed E-state index contributed by atoms with van der Waals surface area (Å²) in [5.74, 6) is 1.35. The van der Waals surface area contributed by atoms with E-state index in [9.17, 15) is 0 Å². The quantitative estimate of drug-likeness (QED) is 0.203. The van der Waals surface area contributed by atoms with Crippen LogP contribution in [0.4, 0.5) is 0 Å². The number of rotatable bonds is 4. The van der Waals surface area contributed by atoms with Crippen LogP contribution in [-0.4, -0.2) is 14.0 Å². The highest BCUT2D eigenvalue weighted by molar-refractivity contribution is 6.35. The van der Waals surface area contributed by atoms with E-state index < -0.39 is 0 Å². The third kappa shape index (κ3) is 3.19. The molecule has 2 aliphatic rings. The summed E-state index contributed by atoms with van der Waals surface area (Å²) in [5, 5.41) is 3.47. The Morgan fingerprint density at radius 1 is 0.791 bits per heavy atom. The van der Waals surface area contributed by atoms with Crippen molar-refractivity contribution in [3.8, 4) is 16.8 Å². The summed E-state index contributed by atoms with van der Waals surface area (Å²) in [6.07, 6.45) is 4.33. The highest BCUT2D eigenvalue weighted by Crippen LogP contribution is 2.50. The average Bonchev–Trinajstić information content (AvgIpc) is 3.70. The third-order valence-electron chi connectivity index (χ3n) is 10.7. The summed E-state index contributed by atoms with van der Waals surface area (Å²) in [7, 11) is 0. The second-order valence-electron chi connectivity index (χ2n) is 13.1. The van der Waals surface area contributed by atoms with Crippen molar-refractivity contribution in [2.45, 2.75) is 64.7 Å². The molecule has 212 valence electrons. The van der Waals surface area contributed by atoms with Gasteiger partial charge in [0.15, 0.2) is 0 Å². The van der Waals surface area contributed by atoms with Crippen LogP contribution >= 0.6 is 11.6 Å². The molecule has 0 atom stereocenters. The number of halogens is 1. The molecule has 3 nitrogen and oxygen atoms in total. The summed E-state index contributed by atoms with van der Waals surface area (Å²) in [6, 6.07) is 29.5. The van der Waals surface area contributed by atoms with E-state index in [1.807, 2.05) is 0 Å². The highest BCUT2D eigenvalue weighted by atomic mass is 35.5. The van der Waals surface area contributed by atoms with Crippen molar-refractivity contribution in [1.29, 1.82) is 0 Å². The number of fused-ring (bicyclic) bond motifs is 7. The van der Waals surface area contributed by atoms with E-state index in [0.29, 0.717) is 5.92 Å². The van der Waals surface area contributed by atoms with Gasteiger partial charge in [0.25, 0.3) is 0 Å². The molecule has 0 amide bonds. The summed E-state index contributed by atoms with van der Waals surface area (Å²) in [6.45, 7) is 9.25. The topological polar surface area (TPSA) is 22.2 Å². The molecule has 2 aliphatic carbocycles. The van der Waals surface area contributed by atoms with Crippen LogP contribution in [-0.2, 0) is 18.3 Å². The first-order chi connectivity index (χ1) is 20.9. The Kier molecular flexibility index (Phi) is 5.16. The van der Waals surface area contributed by atoms with E-state index in [4.69, 9.17) is 16.6 Å². The first kappa shape index (κ1) is 25.4. The molecular formula is C39H34ClN3. The van der Waals surface area contributed by atoms with E-state index in [0.717, 1.165) is 53.2 Å². The maximum absolute atomic E-state index is 7.12. The van der Waals surface area contributed by atoms with Gasteiger partial charge in [0.1, 0.15) is 0 Å². The minimum absolute atomic E-state index is 0.0863. The van der Waals surface area contributed by atoms with Crippen molar-refractivity contribution in [3.63, 3.8) is 0 Å². The molecule has 0 fully saturated rings. The van der Waals surface area contributed by atoms with Crippen molar-refractivity contribution >= 4 is 50.2 Å². The van der Waals surface area contributed by atoms with Crippen LogP contribution in [0.3, 0.4) is 0 Å². The van der Waals surface area contributed by atoms with E-state index in [2.05, 4.69) is 116 Å². The Balaban J connectivity index is 1.46. The van der Waals surface area contributed by atoms with Crippen molar-refractivity contribution in [2.75, 3.05) is 0 Å². The largest absolute Gasteiger partial charge is 0.280 e. The van der Waals surface area contributed by atoms with Gasteiger partial charge in [-0.05, 0) is 106 Å². The zero-order valence-corrected chi connectivity index (χ0v) is 25.9. The lowest BCUT2D eigenvalue weighted by Crippen LogP contribution is -2.15. The molecule has 0 N–H and O–H groups in total. The lowest BCUT2D eigenvalue weighted by molar-refractivity contribution is 0.645. The number of nitrogens with zero attached hydrogens (tertiary/aromatic N) is 3. The zero-order chi connectivity index (χ0) is 29.2. The molecule has 43 heavy (non-hydrogen) atoms. The van der Waals surface area contributed by atoms with Crippen LogP contribution in [0.15, 0.2) is 78.9 Å². The molecule has 7 aromatic rings. The van der Waals surface area contributed by atoms with E-state index in [1.54, 1.807) is 0 Å². The molecule has 5 aromatic carbocycles. The second-order valence-corrected chi connectivity index (χ2v) is 13.5. The molecule has 2 heterocycles. The monoisotopic (exact) mass is 579 g/mol. The number of benzene rings is 5. The van der Waals surface area contributed by atoms with Gasteiger partial charge in [-0.2, -0.15) is 0 Å². The third-order valence-corrected chi connectivity index (χ3v) is 11.0. The standard InChI is InChI=1S/C39H34ClN3/c1-5-22(6-2)26-17-18-31(40)37-36(26)41-38-42(25-15-16-28-27-9-7-8-10-29(27)39(3,4)30(28)21-25)32-19-13-23-11-12-24-14-20-33(43(37)38)35(32)34(23)24/h7-10,13-22H,5-6,11-12H2,1-4H3. The number of aromatic nitrogens is 3. The van der Waals surface area contributed by atoms with Gasteiger partial charge >= 0.3 is 0 Å². The SMILES string of the molecule is CCC(CC)c1ccc(Cl)c2c1nc1n(-c3ccc4c(c3)C(C)(C)c3ccccc3-4)c3ccc4c5c(ccc(c53)n21)CC4. The van der Waals surface area contributed by atoms with E-state index in [1.165, 1.54) is 60.8 Å². The van der Waals surface area contributed by atoms with Crippen molar-refractivity contribution in [2.24, 2.45) is 0 Å². The number of aryl methyl sites for hydroxylation is 2. The second kappa shape index (κ2) is 8.74. The Labute approximate surface area is 256 Å². The molecule has 0 unspecified atom stereocenters. The first-order valence-corrected chi connectivity index (χ1v) is 16.1. The van der Waals surface area contributed by atoms with Crippen molar-refractivity contribution in [1.82, 2.24) is 14.0 Å². The van der Waals surface area contributed by atoms with Crippen LogP contribution < -0.4 is 0 Å². The van der Waals surface area contributed by atoms with Crippen LogP contribution in [0.25, 0.3) is 55.4 Å². The van der Waals surface area contributed by atoms with Gasteiger partial charge in [-0.3, -0.25) is 8.97 Å². The highest BCUT2D eigenvalue weighted by Gasteiger charge is 2.35. The summed E-state index contributed by atoms with van der Waals surface area (Å²) < 4.78 is 4.76. The number of hydrogen-bond donors (Lipinski definition) is 0. The molecule has 0 saturated carbocycles. The molecule has 2 aromatic heterocycles. The predicted molar refractivity (Wildman–Crippen MR) is 180 cm³/mol. The smallest absolute Gasteiger partial charge is 0.220 e. The molecule has 0 radical (unpaired) electrons. The van der Waals surface area contributed by atoms with Gasteiger partial charge in [-0.25, -0.2) is 4.98 Å². The van der Waals surface area contributed by atoms with Crippen molar-refractivity contribution < 1.29 is 0 Å². The van der Waals surface area contributed by atoms with Gasteiger partial charge in [-0.1, -0.05) is 87.8 Å². The molecule has 0 spiro atoms. The fourth-order valence-corrected chi connectivity index (χ4v) is 8.68.